The maximum absolute atomic E-state index is 4.79. The van der Waals surface area contributed by atoms with Crippen LogP contribution in [0.3, 0.4) is 0 Å². The van der Waals surface area contributed by atoms with Crippen LogP contribution in [-0.4, -0.2) is 28.0 Å². The van der Waals surface area contributed by atoms with Gasteiger partial charge in [0.05, 0.1) is 0 Å². The molecule has 2 heterocycles. The predicted octanol–water partition coefficient (Wildman–Crippen LogP) is 3.80. The Morgan fingerprint density at radius 3 is 2.72 bits per heavy atom. The van der Waals surface area contributed by atoms with E-state index in [1.54, 1.807) is 6.20 Å². The van der Waals surface area contributed by atoms with Gasteiger partial charge >= 0.3 is 0 Å². The van der Waals surface area contributed by atoms with Crippen molar-refractivity contribution in [2.24, 2.45) is 0 Å². The molecule has 134 valence electrons. The minimum absolute atomic E-state index is 0.203. The summed E-state index contributed by atoms with van der Waals surface area (Å²) in [7, 11) is 2.13. The van der Waals surface area contributed by atoms with E-state index in [2.05, 4.69) is 47.1 Å². The van der Waals surface area contributed by atoms with Crippen molar-refractivity contribution in [2.45, 2.75) is 64.6 Å². The number of nitrogens with zero attached hydrogens (tertiary/aromatic N) is 4. The van der Waals surface area contributed by atoms with Gasteiger partial charge in [0.2, 0.25) is 5.95 Å². The van der Waals surface area contributed by atoms with Gasteiger partial charge in [-0.2, -0.15) is 0 Å². The van der Waals surface area contributed by atoms with Crippen molar-refractivity contribution in [1.82, 2.24) is 20.3 Å². The molecule has 3 rings (SSSR count). The predicted molar refractivity (Wildman–Crippen MR) is 102 cm³/mol. The average molecular weight is 339 g/mol. The lowest BCUT2D eigenvalue weighted by molar-refractivity contribution is 0.423. The van der Waals surface area contributed by atoms with Crippen LogP contribution in [0.5, 0.6) is 0 Å². The van der Waals surface area contributed by atoms with E-state index >= 15 is 0 Å². The van der Waals surface area contributed by atoms with Gasteiger partial charge in [0.1, 0.15) is 0 Å². The molecule has 2 aromatic rings. The number of anilines is 1. The van der Waals surface area contributed by atoms with Gasteiger partial charge in [-0.15, -0.1) is 0 Å². The SMILES string of the molecule is Cc1nc(N(C)C2CCCCC2)ncc1C(C)NCc1cccnc1. The molecular weight excluding hydrogens is 310 g/mol. The molecule has 2 aromatic heterocycles. The van der Waals surface area contributed by atoms with Crippen LogP contribution in [0.15, 0.2) is 30.7 Å². The average Bonchev–Trinajstić information content (AvgIpc) is 2.67. The zero-order chi connectivity index (χ0) is 17.6. The van der Waals surface area contributed by atoms with Crippen LogP contribution < -0.4 is 10.2 Å². The Labute approximate surface area is 150 Å². The third-order valence-corrected chi connectivity index (χ3v) is 5.24. The van der Waals surface area contributed by atoms with Gasteiger partial charge < -0.3 is 10.2 Å². The number of hydrogen-bond acceptors (Lipinski definition) is 5. The monoisotopic (exact) mass is 339 g/mol. The summed E-state index contributed by atoms with van der Waals surface area (Å²) in [5.74, 6) is 0.854. The third kappa shape index (κ3) is 4.54. The second kappa shape index (κ2) is 8.39. The molecule has 0 aliphatic heterocycles. The summed E-state index contributed by atoms with van der Waals surface area (Å²) in [4.78, 5) is 15.9. The lowest BCUT2D eigenvalue weighted by Crippen LogP contribution is -2.34. The molecule has 0 amide bonds. The summed E-state index contributed by atoms with van der Waals surface area (Å²) >= 11 is 0. The second-order valence-corrected chi connectivity index (χ2v) is 7.08. The van der Waals surface area contributed by atoms with E-state index in [-0.39, 0.29) is 6.04 Å². The Balaban J connectivity index is 1.64. The molecule has 0 spiro atoms. The first-order chi connectivity index (χ1) is 12.1. The first-order valence-corrected chi connectivity index (χ1v) is 9.34. The molecule has 0 aromatic carbocycles. The quantitative estimate of drug-likeness (QED) is 0.867. The summed E-state index contributed by atoms with van der Waals surface area (Å²) < 4.78 is 0. The van der Waals surface area contributed by atoms with Gasteiger partial charge in [-0.05, 0) is 38.3 Å². The lowest BCUT2D eigenvalue weighted by atomic mass is 9.95. The van der Waals surface area contributed by atoms with Crippen LogP contribution in [0.25, 0.3) is 0 Å². The van der Waals surface area contributed by atoms with Gasteiger partial charge in [0.25, 0.3) is 0 Å². The first-order valence-electron chi connectivity index (χ1n) is 9.34. The van der Waals surface area contributed by atoms with Crippen molar-refractivity contribution in [2.75, 3.05) is 11.9 Å². The van der Waals surface area contributed by atoms with Gasteiger partial charge in [0, 0.05) is 55.5 Å². The van der Waals surface area contributed by atoms with Gasteiger partial charge in [0.15, 0.2) is 0 Å². The highest BCUT2D eigenvalue weighted by molar-refractivity contribution is 5.34. The van der Waals surface area contributed by atoms with Crippen molar-refractivity contribution >= 4 is 5.95 Å². The minimum Gasteiger partial charge on any atom is -0.341 e. The molecule has 1 aliphatic carbocycles. The topological polar surface area (TPSA) is 53.9 Å². The van der Waals surface area contributed by atoms with E-state index in [9.17, 15) is 0 Å². The van der Waals surface area contributed by atoms with E-state index in [0.717, 1.165) is 23.8 Å². The van der Waals surface area contributed by atoms with Crippen molar-refractivity contribution < 1.29 is 0 Å². The molecule has 1 atom stereocenters. The molecule has 25 heavy (non-hydrogen) atoms. The third-order valence-electron chi connectivity index (χ3n) is 5.24. The summed E-state index contributed by atoms with van der Waals surface area (Å²) in [5, 5.41) is 3.53. The molecule has 5 nitrogen and oxygen atoms in total. The molecule has 1 N–H and O–H groups in total. The summed E-state index contributed by atoms with van der Waals surface area (Å²) in [6.45, 7) is 5.03. The van der Waals surface area contributed by atoms with Crippen LogP contribution in [0.2, 0.25) is 0 Å². The van der Waals surface area contributed by atoms with Crippen molar-refractivity contribution in [3.63, 3.8) is 0 Å². The van der Waals surface area contributed by atoms with E-state index in [4.69, 9.17) is 4.98 Å². The van der Waals surface area contributed by atoms with Crippen LogP contribution >= 0.6 is 0 Å². The van der Waals surface area contributed by atoms with Crippen LogP contribution in [0.4, 0.5) is 5.95 Å². The molecule has 5 heteroatoms. The number of pyridine rings is 1. The second-order valence-electron chi connectivity index (χ2n) is 7.08. The fraction of sp³-hybridized carbons (Fsp3) is 0.550. The largest absolute Gasteiger partial charge is 0.341 e. The Morgan fingerprint density at radius 1 is 1.24 bits per heavy atom. The van der Waals surface area contributed by atoms with Crippen molar-refractivity contribution in [3.8, 4) is 0 Å². The summed E-state index contributed by atoms with van der Waals surface area (Å²) in [6.07, 6.45) is 12.2. The van der Waals surface area contributed by atoms with Gasteiger partial charge in [-0.3, -0.25) is 4.98 Å². The number of hydrogen-bond donors (Lipinski definition) is 1. The number of aryl methyl sites for hydroxylation is 1. The molecule has 1 aliphatic rings. The highest BCUT2D eigenvalue weighted by Crippen LogP contribution is 2.25. The van der Waals surface area contributed by atoms with Gasteiger partial charge in [-0.25, -0.2) is 9.97 Å². The van der Waals surface area contributed by atoms with E-state index in [1.807, 2.05) is 18.5 Å². The Bertz CT molecular complexity index is 667. The molecule has 1 saturated carbocycles. The Hall–Kier alpha value is -2.01. The maximum atomic E-state index is 4.79. The highest BCUT2D eigenvalue weighted by atomic mass is 15.3. The molecule has 0 bridgehead atoms. The zero-order valence-corrected chi connectivity index (χ0v) is 15.6. The van der Waals surface area contributed by atoms with Crippen LogP contribution in [-0.2, 0) is 6.54 Å². The highest BCUT2D eigenvalue weighted by Gasteiger charge is 2.21. The fourth-order valence-corrected chi connectivity index (χ4v) is 3.57. The first kappa shape index (κ1) is 17.8. The smallest absolute Gasteiger partial charge is 0.225 e. The van der Waals surface area contributed by atoms with E-state index < -0.39 is 0 Å². The number of aromatic nitrogens is 3. The Kier molecular flexibility index (Phi) is 5.97. The van der Waals surface area contributed by atoms with E-state index in [0.29, 0.717) is 6.04 Å². The van der Waals surface area contributed by atoms with E-state index in [1.165, 1.54) is 37.7 Å². The molecular formula is C20H29N5. The maximum Gasteiger partial charge on any atom is 0.225 e. The molecule has 0 saturated heterocycles. The van der Waals surface area contributed by atoms with Crippen molar-refractivity contribution in [3.05, 3.63) is 47.5 Å². The lowest BCUT2D eigenvalue weighted by Gasteiger charge is -2.31. The fourth-order valence-electron chi connectivity index (χ4n) is 3.57. The summed E-state index contributed by atoms with van der Waals surface area (Å²) in [5.41, 5.74) is 3.39. The Morgan fingerprint density at radius 2 is 2.04 bits per heavy atom. The summed E-state index contributed by atoms with van der Waals surface area (Å²) in [6, 6.07) is 4.83. The number of rotatable bonds is 6. The number of nitrogens with one attached hydrogen (secondary N) is 1. The molecule has 1 fully saturated rings. The normalized spacial score (nSPS) is 16.6. The molecule has 0 radical (unpaired) electrons. The minimum atomic E-state index is 0.203. The van der Waals surface area contributed by atoms with Crippen molar-refractivity contribution in [1.29, 1.82) is 0 Å². The van der Waals surface area contributed by atoms with Crippen LogP contribution in [0, 0.1) is 6.92 Å². The van der Waals surface area contributed by atoms with Gasteiger partial charge in [-0.1, -0.05) is 25.3 Å². The molecule has 1 unspecified atom stereocenters. The van der Waals surface area contributed by atoms with Crippen LogP contribution in [0.1, 0.15) is 61.9 Å². The standard InChI is InChI=1S/C20H29N5/c1-15(22-13-17-8-7-11-21-12-17)19-14-23-20(24-16(19)2)25(3)18-9-5-4-6-10-18/h7-8,11-12,14-15,18,22H,4-6,9-10,13H2,1-3H3. The zero-order valence-electron chi connectivity index (χ0n) is 15.6.